The predicted octanol–water partition coefficient (Wildman–Crippen LogP) is 4.36. The van der Waals surface area contributed by atoms with E-state index >= 15 is 0 Å². The molecular formula is C21H27FN2O. The minimum atomic E-state index is -0.186. The summed E-state index contributed by atoms with van der Waals surface area (Å²) in [4.78, 5) is 14.9. The lowest BCUT2D eigenvalue weighted by atomic mass is 9.90. The summed E-state index contributed by atoms with van der Waals surface area (Å²) in [7, 11) is 0. The van der Waals surface area contributed by atoms with Crippen molar-refractivity contribution in [3.05, 3.63) is 58.7 Å². The van der Waals surface area contributed by atoms with Crippen molar-refractivity contribution in [3.8, 4) is 0 Å². The third-order valence-corrected chi connectivity index (χ3v) is 5.46. The average Bonchev–Trinajstić information content (AvgIpc) is 2.91. The van der Waals surface area contributed by atoms with E-state index in [0.717, 1.165) is 55.8 Å². The van der Waals surface area contributed by atoms with Gasteiger partial charge in [-0.25, -0.2) is 4.39 Å². The minimum Gasteiger partial charge on any atom is -0.349 e. The molecule has 1 saturated heterocycles. The van der Waals surface area contributed by atoms with Gasteiger partial charge in [0.15, 0.2) is 0 Å². The van der Waals surface area contributed by atoms with E-state index in [1.807, 2.05) is 30.0 Å². The first-order chi connectivity index (χ1) is 12.0. The van der Waals surface area contributed by atoms with Gasteiger partial charge in [-0.2, -0.15) is 0 Å². The first-order valence-corrected chi connectivity index (χ1v) is 9.20. The Labute approximate surface area is 149 Å². The second-order valence-electron chi connectivity index (χ2n) is 7.10. The first-order valence-electron chi connectivity index (χ1n) is 9.20. The van der Waals surface area contributed by atoms with Crippen molar-refractivity contribution in [2.24, 2.45) is 5.92 Å². The summed E-state index contributed by atoms with van der Waals surface area (Å²) >= 11 is 0. The second-order valence-corrected chi connectivity index (χ2v) is 7.10. The molecule has 1 amide bonds. The Morgan fingerprint density at radius 3 is 2.36 bits per heavy atom. The van der Waals surface area contributed by atoms with E-state index in [9.17, 15) is 9.18 Å². The van der Waals surface area contributed by atoms with Gasteiger partial charge < -0.3 is 9.47 Å². The zero-order chi connectivity index (χ0) is 18.0. The van der Waals surface area contributed by atoms with Crippen LogP contribution < -0.4 is 0 Å². The maximum absolute atomic E-state index is 13.0. The van der Waals surface area contributed by atoms with Gasteiger partial charge >= 0.3 is 0 Å². The number of benzene rings is 1. The number of likely N-dealkylation sites (tertiary alicyclic amines) is 1. The van der Waals surface area contributed by atoms with Crippen molar-refractivity contribution in [2.45, 2.75) is 46.6 Å². The third-order valence-electron chi connectivity index (χ3n) is 5.46. The Morgan fingerprint density at radius 1 is 1.16 bits per heavy atom. The number of hydrogen-bond acceptors (Lipinski definition) is 1. The lowest BCUT2D eigenvalue weighted by molar-refractivity contribution is 0.0689. The van der Waals surface area contributed by atoms with Crippen molar-refractivity contribution in [1.82, 2.24) is 9.47 Å². The topological polar surface area (TPSA) is 25.2 Å². The molecule has 0 unspecified atom stereocenters. The van der Waals surface area contributed by atoms with Crippen LogP contribution in [0.3, 0.4) is 0 Å². The average molecular weight is 342 g/mol. The number of halogens is 1. The summed E-state index contributed by atoms with van der Waals surface area (Å²) in [6.45, 7) is 8.70. The molecule has 3 nitrogen and oxygen atoms in total. The Balaban J connectivity index is 1.60. The van der Waals surface area contributed by atoms with Crippen molar-refractivity contribution in [2.75, 3.05) is 13.1 Å². The van der Waals surface area contributed by atoms with Crippen LogP contribution in [0.4, 0.5) is 4.39 Å². The van der Waals surface area contributed by atoms with Crippen molar-refractivity contribution >= 4 is 5.91 Å². The highest BCUT2D eigenvalue weighted by Gasteiger charge is 2.26. The minimum absolute atomic E-state index is 0.160. The van der Waals surface area contributed by atoms with Gasteiger partial charge in [-0.3, -0.25) is 4.79 Å². The number of aryl methyl sites for hydroxylation is 1. The normalized spacial score (nSPS) is 15.6. The SMILES string of the molecule is CCn1c(C)cc(C(=O)N2CCC(Cc3ccc(F)cc3)CC2)c1C. The van der Waals surface area contributed by atoms with Gasteiger partial charge in [0.2, 0.25) is 0 Å². The molecule has 25 heavy (non-hydrogen) atoms. The summed E-state index contributed by atoms with van der Waals surface area (Å²) in [5.74, 6) is 0.541. The molecule has 1 aliphatic heterocycles. The summed E-state index contributed by atoms with van der Waals surface area (Å²) in [6, 6.07) is 8.81. The summed E-state index contributed by atoms with van der Waals surface area (Å²) in [5.41, 5.74) is 4.24. The molecule has 0 saturated carbocycles. The maximum atomic E-state index is 13.0. The van der Waals surface area contributed by atoms with E-state index in [0.29, 0.717) is 5.92 Å². The van der Waals surface area contributed by atoms with Crippen molar-refractivity contribution in [3.63, 3.8) is 0 Å². The molecule has 0 N–H and O–H groups in total. The van der Waals surface area contributed by atoms with Crippen LogP contribution in [0.25, 0.3) is 0 Å². The Morgan fingerprint density at radius 2 is 1.80 bits per heavy atom. The molecule has 0 atom stereocenters. The molecule has 1 aromatic heterocycles. The van der Waals surface area contributed by atoms with Crippen LogP contribution in [-0.4, -0.2) is 28.5 Å². The number of hydrogen-bond donors (Lipinski definition) is 0. The zero-order valence-electron chi connectivity index (χ0n) is 15.4. The van der Waals surface area contributed by atoms with Gasteiger partial charge in [0.25, 0.3) is 5.91 Å². The molecule has 0 bridgehead atoms. The van der Waals surface area contributed by atoms with Gasteiger partial charge in [0.05, 0.1) is 5.56 Å². The van der Waals surface area contributed by atoms with E-state index in [4.69, 9.17) is 0 Å². The Kier molecular flexibility index (Phi) is 5.26. The predicted molar refractivity (Wildman–Crippen MR) is 98.3 cm³/mol. The first kappa shape index (κ1) is 17.7. The van der Waals surface area contributed by atoms with Crippen LogP contribution in [-0.2, 0) is 13.0 Å². The summed E-state index contributed by atoms with van der Waals surface area (Å²) < 4.78 is 15.2. The fourth-order valence-electron chi connectivity index (χ4n) is 3.97. The van der Waals surface area contributed by atoms with Gasteiger partial charge in [0.1, 0.15) is 5.82 Å². The largest absolute Gasteiger partial charge is 0.349 e. The highest BCUT2D eigenvalue weighted by molar-refractivity contribution is 5.95. The zero-order valence-corrected chi connectivity index (χ0v) is 15.4. The third kappa shape index (κ3) is 3.78. The van der Waals surface area contributed by atoms with Crippen LogP contribution in [0.2, 0.25) is 0 Å². The van der Waals surface area contributed by atoms with E-state index < -0.39 is 0 Å². The fraction of sp³-hybridized carbons (Fsp3) is 0.476. The molecule has 2 heterocycles. The molecule has 134 valence electrons. The fourth-order valence-corrected chi connectivity index (χ4v) is 3.97. The molecular weight excluding hydrogens is 315 g/mol. The Bertz CT molecular complexity index is 740. The van der Waals surface area contributed by atoms with Crippen LogP contribution in [0, 0.1) is 25.6 Å². The number of aromatic nitrogens is 1. The van der Waals surface area contributed by atoms with Gasteiger partial charge in [-0.1, -0.05) is 12.1 Å². The van der Waals surface area contributed by atoms with E-state index in [1.165, 1.54) is 17.7 Å². The number of carbonyl (C=O) groups is 1. The van der Waals surface area contributed by atoms with Crippen LogP contribution >= 0.6 is 0 Å². The molecule has 3 rings (SSSR count). The number of piperidine rings is 1. The lowest BCUT2D eigenvalue weighted by Gasteiger charge is -2.32. The second kappa shape index (κ2) is 7.42. The molecule has 1 aliphatic rings. The highest BCUT2D eigenvalue weighted by Crippen LogP contribution is 2.24. The van der Waals surface area contributed by atoms with Gasteiger partial charge in [-0.05, 0) is 69.7 Å². The smallest absolute Gasteiger partial charge is 0.255 e. The number of amides is 1. The van der Waals surface area contributed by atoms with E-state index in [-0.39, 0.29) is 11.7 Å². The molecule has 0 radical (unpaired) electrons. The number of carbonyl (C=O) groups excluding carboxylic acids is 1. The van der Waals surface area contributed by atoms with Crippen molar-refractivity contribution in [1.29, 1.82) is 0 Å². The van der Waals surface area contributed by atoms with Crippen LogP contribution in [0.1, 0.15) is 47.1 Å². The van der Waals surface area contributed by atoms with Crippen LogP contribution in [0.15, 0.2) is 30.3 Å². The highest BCUT2D eigenvalue weighted by atomic mass is 19.1. The number of nitrogens with zero attached hydrogens (tertiary/aromatic N) is 2. The molecule has 1 fully saturated rings. The monoisotopic (exact) mass is 342 g/mol. The molecule has 0 aliphatic carbocycles. The number of rotatable bonds is 4. The van der Waals surface area contributed by atoms with Gasteiger partial charge in [-0.15, -0.1) is 0 Å². The van der Waals surface area contributed by atoms with Crippen LogP contribution in [0.5, 0.6) is 0 Å². The van der Waals surface area contributed by atoms with Crippen molar-refractivity contribution < 1.29 is 9.18 Å². The Hall–Kier alpha value is -2.10. The molecule has 0 spiro atoms. The molecule has 4 heteroatoms. The summed E-state index contributed by atoms with van der Waals surface area (Å²) in [6.07, 6.45) is 2.98. The van der Waals surface area contributed by atoms with Gasteiger partial charge in [0, 0.05) is 31.0 Å². The quantitative estimate of drug-likeness (QED) is 0.810. The van der Waals surface area contributed by atoms with E-state index in [2.05, 4.69) is 18.4 Å². The van der Waals surface area contributed by atoms with E-state index in [1.54, 1.807) is 0 Å². The maximum Gasteiger partial charge on any atom is 0.255 e. The molecule has 1 aromatic carbocycles. The lowest BCUT2D eigenvalue weighted by Crippen LogP contribution is -2.39. The standard InChI is InChI=1S/C21H27FN2O/c1-4-24-15(2)13-20(16(24)3)21(25)23-11-9-18(10-12-23)14-17-5-7-19(22)8-6-17/h5-8,13,18H,4,9-12,14H2,1-3H3. The molecule has 2 aromatic rings. The summed E-state index contributed by atoms with van der Waals surface area (Å²) in [5, 5.41) is 0.